The van der Waals surface area contributed by atoms with E-state index in [-0.39, 0.29) is 39.9 Å². The predicted molar refractivity (Wildman–Crippen MR) is 122 cm³/mol. The number of rotatable bonds is 8. The molecule has 7 nitrogen and oxygen atoms in total. The molecule has 0 N–H and O–H groups in total. The summed E-state index contributed by atoms with van der Waals surface area (Å²) < 4.78 is 68.1. The molecule has 188 valence electrons. The van der Waals surface area contributed by atoms with E-state index in [9.17, 15) is 22.8 Å². The highest BCUT2D eigenvalue weighted by Gasteiger charge is 2.39. The number of carbonyl (C=O) groups excluding carboxylic acids is 1. The second-order valence-corrected chi connectivity index (χ2v) is 7.78. The number of fused-ring (bicyclic) bond motifs is 1. The first kappa shape index (κ1) is 25.9. The van der Waals surface area contributed by atoms with E-state index in [0.29, 0.717) is 6.42 Å². The summed E-state index contributed by atoms with van der Waals surface area (Å²) in [6.07, 6.45) is -5.70. The quantitative estimate of drug-likeness (QED) is 0.377. The van der Waals surface area contributed by atoms with Gasteiger partial charge in [0.2, 0.25) is 11.2 Å². The molecule has 0 saturated carbocycles. The van der Waals surface area contributed by atoms with Crippen LogP contribution in [0.25, 0.3) is 22.1 Å². The highest BCUT2D eigenvalue weighted by atomic mass is 19.4. The first-order chi connectivity index (χ1) is 16.5. The van der Waals surface area contributed by atoms with Crippen molar-refractivity contribution in [1.29, 1.82) is 0 Å². The Kier molecular flexibility index (Phi) is 7.62. The number of methoxy groups -OCH3 is 2. The zero-order chi connectivity index (χ0) is 25.9. The van der Waals surface area contributed by atoms with E-state index in [0.717, 1.165) is 6.07 Å². The Labute approximate surface area is 199 Å². The predicted octanol–water partition coefficient (Wildman–Crippen LogP) is 5.61. The maximum absolute atomic E-state index is 14.0. The van der Waals surface area contributed by atoms with Gasteiger partial charge in [-0.15, -0.1) is 0 Å². The van der Waals surface area contributed by atoms with Gasteiger partial charge in [-0.1, -0.05) is 13.0 Å². The van der Waals surface area contributed by atoms with Crippen molar-refractivity contribution in [1.82, 2.24) is 0 Å². The average molecular weight is 494 g/mol. The minimum Gasteiger partial charge on any atom is -0.493 e. The smallest absolute Gasteiger partial charge is 0.450 e. The molecule has 2 aromatic carbocycles. The van der Waals surface area contributed by atoms with Gasteiger partial charge in [0.25, 0.3) is 0 Å². The van der Waals surface area contributed by atoms with E-state index in [1.54, 1.807) is 6.92 Å². The summed E-state index contributed by atoms with van der Waals surface area (Å²) in [5.74, 6) is -1.61. The zero-order valence-corrected chi connectivity index (χ0v) is 19.8. The average Bonchev–Trinajstić information content (AvgIpc) is 2.82. The van der Waals surface area contributed by atoms with Crippen LogP contribution in [0.5, 0.6) is 17.2 Å². The molecule has 35 heavy (non-hydrogen) atoms. The molecule has 3 rings (SSSR count). The number of esters is 1. The Bertz CT molecular complexity index is 1280. The number of carbonyl (C=O) groups is 1. The van der Waals surface area contributed by atoms with Crippen LogP contribution in [0, 0.1) is 0 Å². The summed E-state index contributed by atoms with van der Waals surface area (Å²) in [7, 11) is 2.71. The van der Waals surface area contributed by atoms with Crippen molar-refractivity contribution in [3.8, 4) is 28.4 Å². The molecule has 0 amide bonds. The first-order valence-corrected chi connectivity index (χ1v) is 10.8. The van der Waals surface area contributed by atoms with Gasteiger partial charge in [0.05, 0.1) is 31.3 Å². The fraction of sp³-hybridized carbons (Fsp3) is 0.360. The van der Waals surface area contributed by atoms with Crippen molar-refractivity contribution < 1.29 is 41.3 Å². The maximum Gasteiger partial charge on any atom is 0.450 e. The van der Waals surface area contributed by atoms with Gasteiger partial charge >= 0.3 is 12.1 Å². The number of benzene rings is 2. The van der Waals surface area contributed by atoms with E-state index < -0.39 is 35.0 Å². The lowest BCUT2D eigenvalue weighted by atomic mass is 10.0. The molecule has 3 aromatic rings. The van der Waals surface area contributed by atoms with Crippen LogP contribution in [-0.4, -0.2) is 32.4 Å². The van der Waals surface area contributed by atoms with Gasteiger partial charge in [-0.25, -0.2) is 4.79 Å². The Morgan fingerprint density at radius 3 is 2.31 bits per heavy atom. The monoisotopic (exact) mass is 494 g/mol. The summed E-state index contributed by atoms with van der Waals surface area (Å²) in [4.78, 5) is 25.3. The third-order valence-electron chi connectivity index (χ3n) is 5.33. The van der Waals surface area contributed by atoms with Gasteiger partial charge in [-0.3, -0.25) is 4.79 Å². The van der Waals surface area contributed by atoms with E-state index in [4.69, 9.17) is 23.4 Å². The topological polar surface area (TPSA) is 84.2 Å². The fourth-order valence-electron chi connectivity index (χ4n) is 3.33. The van der Waals surface area contributed by atoms with E-state index in [1.165, 1.54) is 51.5 Å². The van der Waals surface area contributed by atoms with Gasteiger partial charge in [0.1, 0.15) is 11.3 Å². The maximum atomic E-state index is 14.0. The lowest BCUT2D eigenvalue weighted by Gasteiger charge is -2.17. The van der Waals surface area contributed by atoms with Crippen molar-refractivity contribution in [2.75, 3.05) is 14.2 Å². The highest BCUT2D eigenvalue weighted by Crippen LogP contribution is 2.40. The lowest BCUT2D eigenvalue weighted by molar-refractivity contribution is -0.156. The molecule has 0 radical (unpaired) electrons. The van der Waals surface area contributed by atoms with Crippen molar-refractivity contribution in [2.24, 2.45) is 0 Å². The molecule has 0 aliphatic heterocycles. The molecule has 0 bridgehead atoms. The van der Waals surface area contributed by atoms with Crippen LogP contribution in [-0.2, 0) is 15.7 Å². The highest BCUT2D eigenvalue weighted by molar-refractivity contribution is 5.84. The molecule has 0 aliphatic carbocycles. The van der Waals surface area contributed by atoms with Crippen molar-refractivity contribution in [2.45, 2.75) is 45.6 Å². The van der Waals surface area contributed by atoms with E-state index >= 15 is 0 Å². The van der Waals surface area contributed by atoms with Crippen molar-refractivity contribution in [3.63, 3.8) is 0 Å². The largest absolute Gasteiger partial charge is 0.493 e. The minimum atomic E-state index is -4.97. The van der Waals surface area contributed by atoms with Crippen LogP contribution in [0.3, 0.4) is 0 Å². The Balaban J connectivity index is 2.10. The normalized spacial score (nSPS) is 13.3. The third kappa shape index (κ3) is 5.52. The van der Waals surface area contributed by atoms with Crippen LogP contribution in [0.1, 0.15) is 33.0 Å². The van der Waals surface area contributed by atoms with Gasteiger partial charge in [-0.05, 0) is 50.1 Å². The molecule has 1 aromatic heterocycles. The molecular weight excluding hydrogens is 469 g/mol. The zero-order valence-electron chi connectivity index (χ0n) is 19.8. The molecular formula is C25H25F3O7. The Hall–Kier alpha value is -3.69. The lowest BCUT2D eigenvalue weighted by Crippen LogP contribution is -2.29. The van der Waals surface area contributed by atoms with Crippen LogP contribution >= 0.6 is 0 Å². The molecule has 0 unspecified atom stereocenters. The van der Waals surface area contributed by atoms with Crippen LogP contribution in [0.2, 0.25) is 0 Å². The number of ether oxygens (including phenoxy) is 4. The standard InChI is InChI=1S/C25H25F3O7/c1-6-13(2)33-24(30)14(3)34-16-8-9-17-19(12-16)35-23(25(26,27)28)21(22(17)29)15-7-10-18(31-4)20(11-15)32-5/h7-14H,6H2,1-5H3/t13-,14-/m0/s1. The first-order valence-electron chi connectivity index (χ1n) is 10.8. The molecule has 1 heterocycles. The number of hydrogen-bond acceptors (Lipinski definition) is 7. The molecule has 2 atom stereocenters. The third-order valence-corrected chi connectivity index (χ3v) is 5.33. The van der Waals surface area contributed by atoms with Gasteiger partial charge in [-0.2, -0.15) is 13.2 Å². The summed E-state index contributed by atoms with van der Waals surface area (Å²) in [6, 6.07) is 7.78. The van der Waals surface area contributed by atoms with Crippen LogP contribution in [0.15, 0.2) is 45.6 Å². The molecule has 0 spiro atoms. The van der Waals surface area contributed by atoms with Crippen molar-refractivity contribution in [3.05, 3.63) is 52.4 Å². The Morgan fingerprint density at radius 2 is 1.71 bits per heavy atom. The molecule has 0 aliphatic rings. The molecule has 0 saturated heterocycles. The van der Waals surface area contributed by atoms with Crippen LogP contribution in [0.4, 0.5) is 13.2 Å². The van der Waals surface area contributed by atoms with Gasteiger partial charge in [0, 0.05) is 6.07 Å². The van der Waals surface area contributed by atoms with Crippen molar-refractivity contribution >= 4 is 16.9 Å². The summed E-state index contributed by atoms with van der Waals surface area (Å²) in [5.41, 5.74) is -1.94. The van der Waals surface area contributed by atoms with Gasteiger partial charge < -0.3 is 23.4 Å². The van der Waals surface area contributed by atoms with E-state index in [2.05, 4.69) is 0 Å². The fourth-order valence-corrected chi connectivity index (χ4v) is 3.33. The second-order valence-electron chi connectivity index (χ2n) is 7.78. The van der Waals surface area contributed by atoms with Crippen LogP contribution < -0.4 is 19.6 Å². The number of hydrogen-bond donors (Lipinski definition) is 0. The minimum absolute atomic E-state index is 0.0428. The second kappa shape index (κ2) is 10.3. The number of alkyl halides is 3. The van der Waals surface area contributed by atoms with E-state index in [1.807, 2.05) is 6.92 Å². The summed E-state index contributed by atoms with van der Waals surface area (Å²) in [5, 5.41) is -0.0926. The van der Waals surface area contributed by atoms with Gasteiger partial charge in [0.15, 0.2) is 17.6 Å². The SMILES string of the molecule is CC[C@H](C)OC(=O)[C@H](C)Oc1ccc2c(=O)c(-c3ccc(OC)c(OC)c3)c(C(F)(F)F)oc2c1. The summed E-state index contributed by atoms with van der Waals surface area (Å²) in [6.45, 7) is 5.03. The molecule has 10 heteroatoms. The summed E-state index contributed by atoms with van der Waals surface area (Å²) >= 11 is 0. The Morgan fingerprint density at radius 1 is 1.03 bits per heavy atom. The molecule has 0 fully saturated rings. The number of halogens is 3.